The Kier molecular flexibility index (Phi) is 4.64. The van der Waals surface area contributed by atoms with Gasteiger partial charge in [0.1, 0.15) is 0 Å². The molecule has 0 aliphatic rings. The summed E-state index contributed by atoms with van der Waals surface area (Å²) in [5, 5.41) is 16.0. The van der Waals surface area contributed by atoms with Crippen LogP contribution in [-0.2, 0) is 4.79 Å². The van der Waals surface area contributed by atoms with Gasteiger partial charge in [-0.05, 0) is 13.3 Å². The summed E-state index contributed by atoms with van der Waals surface area (Å²) in [4.78, 5) is 26.4. The third-order valence-electron chi connectivity index (χ3n) is 2.93. The number of hydrogen-bond donors (Lipinski definition) is 1. The van der Waals surface area contributed by atoms with Crippen molar-refractivity contribution in [2.24, 2.45) is 0 Å². The molecule has 1 amide bonds. The summed E-state index contributed by atoms with van der Waals surface area (Å²) < 4.78 is 0. The fourth-order valence-electron chi connectivity index (χ4n) is 1.84. The third-order valence-corrected chi connectivity index (χ3v) is 3.69. The Morgan fingerprint density at radius 3 is 2.90 bits per heavy atom. The Morgan fingerprint density at radius 1 is 1.48 bits per heavy atom. The van der Waals surface area contributed by atoms with Crippen LogP contribution in [0, 0.1) is 17.0 Å². The van der Waals surface area contributed by atoms with Gasteiger partial charge in [0.2, 0.25) is 5.91 Å². The zero-order valence-electron chi connectivity index (χ0n) is 11.8. The molecule has 0 saturated heterocycles. The maximum absolute atomic E-state index is 11.5. The SMILES string of the molecule is CCCC(=O)Nc1nc(-c2ccc(C)c([N+](=O)[O-])c2)cs1. The van der Waals surface area contributed by atoms with E-state index >= 15 is 0 Å². The van der Waals surface area contributed by atoms with Gasteiger partial charge >= 0.3 is 0 Å². The lowest BCUT2D eigenvalue weighted by Crippen LogP contribution is -2.10. The van der Waals surface area contributed by atoms with Crippen molar-refractivity contribution in [3.8, 4) is 11.3 Å². The van der Waals surface area contributed by atoms with Crippen molar-refractivity contribution in [1.82, 2.24) is 4.98 Å². The highest BCUT2D eigenvalue weighted by atomic mass is 32.1. The van der Waals surface area contributed by atoms with Crippen molar-refractivity contribution >= 4 is 28.1 Å². The molecule has 0 radical (unpaired) electrons. The first kappa shape index (κ1) is 15.1. The summed E-state index contributed by atoms with van der Waals surface area (Å²) >= 11 is 1.30. The molecule has 0 fully saturated rings. The first-order chi connectivity index (χ1) is 10.0. The minimum atomic E-state index is -0.408. The average molecular weight is 305 g/mol. The number of nitro benzene ring substituents is 1. The predicted molar refractivity (Wildman–Crippen MR) is 82.5 cm³/mol. The number of hydrogen-bond acceptors (Lipinski definition) is 5. The summed E-state index contributed by atoms with van der Waals surface area (Å²) in [6.07, 6.45) is 1.22. The molecule has 0 saturated carbocycles. The lowest BCUT2D eigenvalue weighted by Gasteiger charge is -2.01. The van der Waals surface area contributed by atoms with E-state index in [9.17, 15) is 14.9 Å². The van der Waals surface area contributed by atoms with E-state index in [1.807, 2.05) is 6.92 Å². The van der Waals surface area contributed by atoms with Crippen molar-refractivity contribution in [3.05, 3.63) is 39.3 Å². The first-order valence-corrected chi connectivity index (χ1v) is 7.40. The van der Waals surface area contributed by atoms with Gasteiger partial charge in [-0.1, -0.05) is 19.1 Å². The number of nitrogens with one attached hydrogen (secondary N) is 1. The highest BCUT2D eigenvalue weighted by molar-refractivity contribution is 7.14. The van der Waals surface area contributed by atoms with E-state index in [1.165, 1.54) is 17.4 Å². The van der Waals surface area contributed by atoms with Crippen molar-refractivity contribution in [2.75, 3.05) is 5.32 Å². The van der Waals surface area contributed by atoms with E-state index in [4.69, 9.17) is 0 Å². The molecule has 1 aromatic heterocycles. The Morgan fingerprint density at radius 2 is 2.24 bits per heavy atom. The molecule has 0 bridgehead atoms. The predicted octanol–water partition coefficient (Wildman–Crippen LogP) is 3.77. The second kappa shape index (κ2) is 6.45. The van der Waals surface area contributed by atoms with E-state index in [2.05, 4.69) is 10.3 Å². The standard InChI is InChI=1S/C14H15N3O3S/c1-3-4-13(18)16-14-15-11(8-21-14)10-6-5-9(2)12(7-10)17(19)20/h5-8H,3-4H2,1-2H3,(H,15,16,18). The van der Waals surface area contributed by atoms with Crippen LogP contribution in [0.4, 0.5) is 10.8 Å². The number of rotatable bonds is 5. The Labute approximate surface area is 126 Å². The van der Waals surface area contributed by atoms with Gasteiger partial charge in [-0.25, -0.2) is 4.98 Å². The van der Waals surface area contributed by atoms with Gasteiger partial charge in [-0.2, -0.15) is 0 Å². The lowest BCUT2D eigenvalue weighted by atomic mass is 10.1. The van der Waals surface area contributed by atoms with E-state index in [1.54, 1.807) is 24.4 Å². The molecule has 1 heterocycles. The van der Waals surface area contributed by atoms with Gasteiger partial charge in [0, 0.05) is 29.0 Å². The molecule has 110 valence electrons. The van der Waals surface area contributed by atoms with Crippen LogP contribution in [0.3, 0.4) is 0 Å². The maximum atomic E-state index is 11.5. The van der Waals surface area contributed by atoms with Crippen LogP contribution >= 0.6 is 11.3 Å². The molecule has 1 N–H and O–H groups in total. The fourth-order valence-corrected chi connectivity index (χ4v) is 2.57. The second-order valence-corrected chi connectivity index (χ2v) is 5.45. The van der Waals surface area contributed by atoms with Gasteiger partial charge in [0.25, 0.3) is 5.69 Å². The summed E-state index contributed by atoms with van der Waals surface area (Å²) in [7, 11) is 0. The van der Waals surface area contributed by atoms with Gasteiger partial charge in [-0.3, -0.25) is 14.9 Å². The Hall–Kier alpha value is -2.28. The van der Waals surface area contributed by atoms with Crippen LogP contribution in [-0.4, -0.2) is 15.8 Å². The molecule has 0 spiro atoms. The monoisotopic (exact) mass is 305 g/mol. The van der Waals surface area contributed by atoms with Crippen LogP contribution in [0.5, 0.6) is 0 Å². The van der Waals surface area contributed by atoms with Crippen LogP contribution in [0.25, 0.3) is 11.3 Å². The normalized spacial score (nSPS) is 10.4. The summed E-state index contributed by atoms with van der Waals surface area (Å²) in [5.74, 6) is -0.0757. The topological polar surface area (TPSA) is 85.1 Å². The van der Waals surface area contributed by atoms with Crippen LogP contribution in [0.2, 0.25) is 0 Å². The van der Waals surface area contributed by atoms with Gasteiger partial charge in [0.05, 0.1) is 10.6 Å². The van der Waals surface area contributed by atoms with E-state index in [-0.39, 0.29) is 11.6 Å². The lowest BCUT2D eigenvalue weighted by molar-refractivity contribution is -0.385. The Bertz CT molecular complexity index is 682. The zero-order chi connectivity index (χ0) is 15.4. The summed E-state index contributed by atoms with van der Waals surface area (Å²) in [6, 6.07) is 4.99. The highest BCUT2D eigenvalue weighted by Crippen LogP contribution is 2.29. The number of aromatic nitrogens is 1. The molecule has 7 heteroatoms. The number of aryl methyl sites for hydroxylation is 1. The van der Waals surface area contributed by atoms with Crippen molar-refractivity contribution in [1.29, 1.82) is 0 Å². The van der Waals surface area contributed by atoms with Crippen LogP contribution in [0.1, 0.15) is 25.3 Å². The molecule has 0 atom stereocenters. The highest BCUT2D eigenvalue weighted by Gasteiger charge is 2.14. The minimum Gasteiger partial charge on any atom is -0.302 e. The van der Waals surface area contributed by atoms with Crippen molar-refractivity contribution in [2.45, 2.75) is 26.7 Å². The zero-order valence-corrected chi connectivity index (χ0v) is 12.6. The molecule has 0 aliphatic carbocycles. The maximum Gasteiger partial charge on any atom is 0.272 e. The fraction of sp³-hybridized carbons (Fsp3) is 0.286. The molecule has 6 nitrogen and oxygen atoms in total. The number of carbonyl (C=O) groups excluding carboxylic acids is 1. The number of thiazole rings is 1. The molecule has 0 aliphatic heterocycles. The quantitative estimate of drug-likeness (QED) is 0.673. The largest absolute Gasteiger partial charge is 0.302 e. The average Bonchev–Trinajstić information content (AvgIpc) is 2.87. The van der Waals surface area contributed by atoms with Crippen LogP contribution in [0.15, 0.2) is 23.6 Å². The number of anilines is 1. The van der Waals surface area contributed by atoms with E-state index in [0.717, 1.165) is 6.42 Å². The third kappa shape index (κ3) is 3.63. The molecular formula is C14H15N3O3S. The minimum absolute atomic E-state index is 0.0667. The number of amides is 1. The molecule has 2 rings (SSSR count). The van der Waals surface area contributed by atoms with E-state index < -0.39 is 4.92 Å². The molecular weight excluding hydrogens is 290 g/mol. The van der Waals surface area contributed by atoms with Crippen molar-refractivity contribution in [3.63, 3.8) is 0 Å². The molecule has 1 aromatic carbocycles. The molecule has 21 heavy (non-hydrogen) atoms. The number of carbonyl (C=O) groups is 1. The van der Waals surface area contributed by atoms with E-state index in [0.29, 0.717) is 28.4 Å². The summed E-state index contributed by atoms with van der Waals surface area (Å²) in [6.45, 7) is 3.62. The number of nitro groups is 1. The summed E-state index contributed by atoms with van der Waals surface area (Å²) in [5.41, 5.74) is 1.96. The molecule has 2 aromatic rings. The van der Waals surface area contributed by atoms with Crippen molar-refractivity contribution < 1.29 is 9.72 Å². The van der Waals surface area contributed by atoms with Crippen LogP contribution < -0.4 is 5.32 Å². The van der Waals surface area contributed by atoms with Gasteiger partial charge < -0.3 is 5.32 Å². The van der Waals surface area contributed by atoms with Gasteiger partial charge in [0.15, 0.2) is 5.13 Å². The van der Waals surface area contributed by atoms with Gasteiger partial charge in [-0.15, -0.1) is 11.3 Å². The second-order valence-electron chi connectivity index (χ2n) is 4.59. The molecule has 0 unspecified atom stereocenters. The first-order valence-electron chi connectivity index (χ1n) is 6.52. The number of nitrogens with zero attached hydrogens (tertiary/aromatic N) is 2. The smallest absolute Gasteiger partial charge is 0.272 e. The number of benzene rings is 1. The Balaban J connectivity index is 2.23.